The van der Waals surface area contributed by atoms with E-state index in [2.05, 4.69) is 31.3 Å². The van der Waals surface area contributed by atoms with E-state index in [1.165, 1.54) is 96.3 Å². The van der Waals surface area contributed by atoms with E-state index in [1.54, 1.807) is 6.08 Å². The predicted octanol–water partition coefficient (Wildman–Crippen LogP) is 9.44. The van der Waals surface area contributed by atoms with Crippen LogP contribution in [0, 0.1) is 0 Å². The molecular formula is C36H71N2O6P. The van der Waals surface area contributed by atoms with Gasteiger partial charge in [0, 0.05) is 13.0 Å². The van der Waals surface area contributed by atoms with Gasteiger partial charge in [0.25, 0.3) is 0 Å². The minimum absolute atomic E-state index is 0.0777. The summed E-state index contributed by atoms with van der Waals surface area (Å²) >= 11 is 0. The quantitative estimate of drug-likeness (QED) is 0.0308. The Morgan fingerprint density at radius 3 is 1.64 bits per heavy atom. The topological polar surface area (TPSA) is 131 Å². The predicted molar refractivity (Wildman–Crippen MR) is 189 cm³/mol. The molecule has 45 heavy (non-hydrogen) atoms. The van der Waals surface area contributed by atoms with Crippen molar-refractivity contribution in [1.29, 1.82) is 0 Å². The maximum atomic E-state index is 12.7. The molecule has 0 aromatic carbocycles. The molecule has 8 nitrogen and oxygen atoms in total. The largest absolute Gasteiger partial charge is 0.472 e. The minimum atomic E-state index is -4.33. The summed E-state index contributed by atoms with van der Waals surface area (Å²) in [5.74, 6) is -0.205. The number of rotatable bonds is 34. The fourth-order valence-electron chi connectivity index (χ4n) is 5.18. The molecule has 0 heterocycles. The van der Waals surface area contributed by atoms with Crippen molar-refractivity contribution in [1.82, 2.24) is 5.32 Å². The zero-order valence-corrected chi connectivity index (χ0v) is 30.0. The van der Waals surface area contributed by atoms with Crippen LogP contribution in [0.2, 0.25) is 0 Å². The fourth-order valence-corrected chi connectivity index (χ4v) is 5.94. The number of nitrogens with two attached hydrogens (primary N) is 1. The molecule has 0 radical (unpaired) electrons. The first-order valence-corrected chi connectivity index (χ1v) is 20.0. The number of aliphatic hydroxyl groups is 1. The molecular weight excluding hydrogens is 587 g/mol. The standard InChI is InChI=1S/C36H71N2O6P/c1-3-5-7-9-11-13-15-17-18-20-22-24-26-28-30-36(40)38-34(33-44-45(41,42)43-32-31-37)35(39)29-27-25-23-21-19-16-14-12-10-8-6-4-2/h15,17,27,29,34-35,39H,3-14,16,18-26,28,30-33,37H2,1-2H3,(H,38,40)(H,41,42)/b17-15-,29-27+. The highest BCUT2D eigenvalue weighted by atomic mass is 31.2. The highest BCUT2D eigenvalue weighted by Gasteiger charge is 2.26. The highest BCUT2D eigenvalue weighted by molar-refractivity contribution is 7.47. The second-order valence-electron chi connectivity index (χ2n) is 12.4. The van der Waals surface area contributed by atoms with Crippen LogP contribution in [-0.4, -0.2) is 47.8 Å². The summed E-state index contributed by atoms with van der Waals surface area (Å²) in [5, 5.41) is 13.6. The maximum absolute atomic E-state index is 12.7. The Kier molecular flexibility index (Phi) is 32.2. The molecule has 0 aliphatic rings. The van der Waals surface area contributed by atoms with E-state index in [0.29, 0.717) is 6.42 Å². The molecule has 0 rings (SSSR count). The number of hydrogen-bond acceptors (Lipinski definition) is 6. The van der Waals surface area contributed by atoms with Crippen molar-refractivity contribution in [3.63, 3.8) is 0 Å². The molecule has 266 valence electrons. The van der Waals surface area contributed by atoms with Crippen molar-refractivity contribution in [3.05, 3.63) is 24.3 Å². The molecule has 0 saturated carbocycles. The van der Waals surface area contributed by atoms with Gasteiger partial charge in [0.1, 0.15) is 0 Å². The average molecular weight is 659 g/mol. The van der Waals surface area contributed by atoms with Gasteiger partial charge in [-0.15, -0.1) is 0 Å². The smallest absolute Gasteiger partial charge is 0.387 e. The third-order valence-corrected chi connectivity index (χ3v) is 9.01. The van der Waals surface area contributed by atoms with E-state index < -0.39 is 20.0 Å². The van der Waals surface area contributed by atoms with Gasteiger partial charge in [0.2, 0.25) is 5.91 Å². The van der Waals surface area contributed by atoms with Crippen LogP contribution in [0.25, 0.3) is 0 Å². The van der Waals surface area contributed by atoms with Gasteiger partial charge in [-0.25, -0.2) is 4.57 Å². The lowest BCUT2D eigenvalue weighted by molar-refractivity contribution is -0.123. The number of unbranched alkanes of at least 4 members (excludes halogenated alkanes) is 20. The van der Waals surface area contributed by atoms with Crippen molar-refractivity contribution < 1.29 is 28.4 Å². The number of carbonyl (C=O) groups is 1. The molecule has 5 N–H and O–H groups in total. The van der Waals surface area contributed by atoms with Crippen LogP contribution in [0.3, 0.4) is 0 Å². The Bertz CT molecular complexity index is 764. The summed E-state index contributed by atoms with van der Waals surface area (Å²) in [6.07, 6.45) is 35.0. The minimum Gasteiger partial charge on any atom is -0.387 e. The van der Waals surface area contributed by atoms with Gasteiger partial charge >= 0.3 is 7.82 Å². The van der Waals surface area contributed by atoms with Gasteiger partial charge in [-0.3, -0.25) is 13.8 Å². The van der Waals surface area contributed by atoms with Crippen LogP contribution in [-0.2, 0) is 18.4 Å². The summed E-state index contributed by atoms with van der Waals surface area (Å²) in [4.78, 5) is 22.5. The molecule has 1 amide bonds. The number of nitrogens with one attached hydrogen (secondary N) is 1. The van der Waals surface area contributed by atoms with Gasteiger partial charge in [0.05, 0.1) is 25.4 Å². The first-order valence-electron chi connectivity index (χ1n) is 18.5. The molecule has 0 aromatic heterocycles. The highest BCUT2D eigenvalue weighted by Crippen LogP contribution is 2.43. The zero-order chi connectivity index (χ0) is 33.3. The Balaban J connectivity index is 4.35. The first-order chi connectivity index (χ1) is 21.9. The zero-order valence-electron chi connectivity index (χ0n) is 29.1. The summed E-state index contributed by atoms with van der Waals surface area (Å²) in [6, 6.07) is -0.859. The second-order valence-corrected chi connectivity index (χ2v) is 13.9. The van der Waals surface area contributed by atoms with Gasteiger partial charge in [-0.05, 0) is 44.9 Å². The number of phosphoric ester groups is 1. The van der Waals surface area contributed by atoms with E-state index in [4.69, 9.17) is 14.8 Å². The first kappa shape index (κ1) is 44.0. The molecule has 0 fully saturated rings. The Morgan fingerprint density at radius 1 is 0.711 bits per heavy atom. The summed E-state index contributed by atoms with van der Waals surface area (Å²) < 4.78 is 22.0. The molecule has 0 aliphatic heterocycles. The van der Waals surface area contributed by atoms with Crippen molar-refractivity contribution in [2.75, 3.05) is 19.8 Å². The van der Waals surface area contributed by atoms with E-state index in [0.717, 1.165) is 51.4 Å². The van der Waals surface area contributed by atoms with Gasteiger partial charge in [-0.1, -0.05) is 141 Å². The van der Waals surface area contributed by atoms with Crippen molar-refractivity contribution in [2.24, 2.45) is 5.73 Å². The number of phosphoric acid groups is 1. The maximum Gasteiger partial charge on any atom is 0.472 e. The number of hydrogen-bond donors (Lipinski definition) is 4. The van der Waals surface area contributed by atoms with Crippen molar-refractivity contribution >= 4 is 13.7 Å². The third-order valence-electron chi connectivity index (χ3n) is 8.02. The number of carbonyl (C=O) groups excluding carboxylic acids is 1. The molecule has 0 saturated heterocycles. The lowest BCUT2D eigenvalue weighted by Crippen LogP contribution is -2.45. The van der Waals surface area contributed by atoms with Crippen LogP contribution < -0.4 is 11.1 Å². The second kappa shape index (κ2) is 32.9. The molecule has 0 aromatic rings. The van der Waals surface area contributed by atoms with Crippen molar-refractivity contribution in [2.45, 2.75) is 180 Å². The molecule has 0 bridgehead atoms. The third kappa shape index (κ3) is 31.4. The van der Waals surface area contributed by atoms with Gasteiger partial charge in [-0.2, -0.15) is 0 Å². The monoisotopic (exact) mass is 659 g/mol. The van der Waals surface area contributed by atoms with Crippen LogP contribution in [0.1, 0.15) is 168 Å². The number of allylic oxidation sites excluding steroid dienone is 3. The van der Waals surface area contributed by atoms with Crippen LogP contribution >= 0.6 is 7.82 Å². The fraction of sp³-hybridized carbons (Fsp3) is 0.861. The normalized spacial score (nSPS) is 14.7. The van der Waals surface area contributed by atoms with Crippen molar-refractivity contribution in [3.8, 4) is 0 Å². The Hall–Kier alpha value is -1.02. The molecule has 3 unspecified atom stereocenters. The number of aliphatic hydroxyl groups excluding tert-OH is 1. The summed E-state index contributed by atoms with van der Waals surface area (Å²) in [5.41, 5.74) is 5.35. The van der Waals surface area contributed by atoms with Crippen LogP contribution in [0.15, 0.2) is 24.3 Å². The Labute approximate surface area is 277 Å². The number of amides is 1. The Morgan fingerprint density at radius 2 is 1.16 bits per heavy atom. The lowest BCUT2D eigenvalue weighted by Gasteiger charge is -2.23. The van der Waals surface area contributed by atoms with Gasteiger partial charge in [0.15, 0.2) is 0 Å². The van der Waals surface area contributed by atoms with Crippen LogP contribution in [0.4, 0.5) is 0 Å². The van der Waals surface area contributed by atoms with Gasteiger partial charge < -0.3 is 21.1 Å². The molecule has 0 aliphatic carbocycles. The van der Waals surface area contributed by atoms with Crippen LogP contribution in [0.5, 0.6) is 0 Å². The summed E-state index contributed by atoms with van der Waals surface area (Å²) in [6.45, 7) is 4.09. The van der Waals surface area contributed by atoms with E-state index in [-0.39, 0.29) is 25.7 Å². The average Bonchev–Trinajstić information content (AvgIpc) is 3.02. The van der Waals surface area contributed by atoms with E-state index in [9.17, 15) is 19.4 Å². The summed E-state index contributed by atoms with van der Waals surface area (Å²) in [7, 11) is -4.33. The molecule has 3 atom stereocenters. The molecule has 9 heteroatoms. The van der Waals surface area contributed by atoms with E-state index in [1.807, 2.05) is 6.08 Å². The van der Waals surface area contributed by atoms with E-state index >= 15 is 0 Å². The SMILES string of the molecule is CCCCCCC/C=C\CCCCCCCC(=O)NC(COP(=O)(O)OCCN)C(O)/C=C/CCCCCCCCCCCC. The molecule has 0 spiro atoms. The lowest BCUT2D eigenvalue weighted by atomic mass is 10.1.